The third-order valence-electron chi connectivity index (χ3n) is 8.88. The van der Waals surface area contributed by atoms with Gasteiger partial charge in [0.2, 0.25) is 0 Å². The number of hydrogen-bond acceptors (Lipinski definition) is 10. The number of aromatic nitrogens is 2. The number of benzene rings is 2. The zero-order chi connectivity index (χ0) is 35.0. The van der Waals surface area contributed by atoms with Crippen LogP contribution >= 0.6 is 11.3 Å². The van der Waals surface area contributed by atoms with Gasteiger partial charge in [-0.2, -0.15) is 5.26 Å². The molecule has 0 saturated carbocycles. The fraction of sp³-hybridized carbons (Fsp3) is 0.457. The summed E-state index contributed by atoms with van der Waals surface area (Å²) in [6, 6.07) is 4.68. The Hall–Kier alpha value is -4.61. The molecule has 0 radical (unpaired) electrons. The van der Waals surface area contributed by atoms with Crippen molar-refractivity contribution >= 4 is 55.3 Å². The largest absolute Gasteiger partial charge is 0.444 e. The molecule has 2 atom stereocenters. The number of nitrogens with zero attached hydrogens (tertiary/aromatic N) is 5. The third kappa shape index (κ3) is 5.78. The molecule has 3 aliphatic heterocycles. The van der Waals surface area contributed by atoms with Crippen molar-refractivity contribution in [2.45, 2.75) is 90.9 Å². The molecule has 2 fully saturated rings. The van der Waals surface area contributed by atoms with Gasteiger partial charge in [0.05, 0.1) is 24.2 Å². The van der Waals surface area contributed by atoms with Gasteiger partial charge in [-0.15, -0.1) is 11.3 Å². The zero-order valence-electron chi connectivity index (χ0n) is 28.1. The molecule has 2 aromatic heterocycles. The topological polar surface area (TPSA) is 130 Å². The van der Waals surface area contributed by atoms with Gasteiger partial charge in [-0.25, -0.2) is 28.3 Å². The number of carbonyl (C=O) groups is 2. The molecule has 2 aromatic carbocycles. The first-order chi connectivity index (χ1) is 23.1. The van der Waals surface area contributed by atoms with Gasteiger partial charge in [0.15, 0.2) is 5.82 Å². The van der Waals surface area contributed by atoms with Crippen LogP contribution in [-0.4, -0.2) is 63.4 Å². The van der Waals surface area contributed by atoms with Crippen molar-refractivity contribution in [1.29, 1.82) is 5.26 Å². The van der Waals surface area contributed by atoms with Crippen LogP contribution in [0.1, 0.15) is 71.1 Å². The molecule has 4 aromatic rings. The van der Waals surface area contributed by atoms with Crippen molar-refractivity contribution in [1.82, 2.24) is 14.9 Å². The van der Waals surface area contributed by atoms with Crippen molar-refractivity contribution < 1.29 is 32.6 Å². The number of anilines is 2. The first-order valence-corrected chi connectivity index (χ1v) is 16.9. The molecule has 5 heterocycles. The van der Waals surface area contributed by atoms with E-state index < -0.39 is 28.9 Å². The highest BCUT2D eigenvalue weighted by molar-refractivity contribution is 7.23. The smallest absolute Gasteiger partial charge is 0.412 e. The van der Waals surface area contributed by atoms with Crippen molar-refractivity contribution in [3.8, 4) is 17.2 Å². The van der Waals surface area contributed by atoms with Gasteiger partial charge in [0, 0.05) is 46.4 Å². The number of nitrogens with one attached hydrogen (secondary N) is 1. The molecule has 0 aliphatic carbocycles. The Labute approximate surface area is 285 Å². The summed E-state index contributed by atoms with van der Waals surface area (Å²) in [5.74, 6) is -0.946. The number of carbonyl (C=O) groups excluding carboxylic acids is 2. The molecule has 2 bridgehead atoms. The van der Waals surface area contributed by atoms with Crippen LogP contribution < -0.4 is 10.2 Å². The van der Waals surface area contributed by atoms with Gasteiger partial charge in [0.1, 0.15) is 45.8 Å². The van der Waals surface area contributed by atoms with Gasteiger partial charge >= 0.3 is 12.2 Å². The number of nitriles is 1. The fourth-order valence-electron chi connectivity index (χ4n) is 7.13. The minimum atomic E-state index is -0.786. The summed E-state index contributed by atoms with van der Waals surface area (Å²) in [6.45, 7) is 11.6. The Morgan fingerprint density at radius 3 is 2.31 bits per heavy atom. The Morgan fingerprint density at radius 1 is 0.980 bits per heavy atom. The number of halogens is 2. The van der Waals surface area contributed by atoms with E-state index in [0.29, 0.717) is 40.1 Å². The van der Waals surface area contributed by atoms with Crippen LogP contribution in [0.2, 0.25) is 0 Å². The van der Waals surface area contributed by atoms with E-state index in [2.05, 4.69) is 26.3 Å². The van der Waals surface area contributed by atoms with Crippen molar-refractivity contribution in [2.24, 2.45) is 0 Å². The Balaban J connectivity index is 1.35. The number of hydrogen-bond donors (Lipinski definition) is 1. The van der Waals surface area contributed by atoms with E-state index in [1.165, 1.54) is 18.5 Å². The van der Waals surface area contributed by atoms with Gasteiger partial charge in [-0.05, 0) is 77.6 Å². The van der Waals surface area contributed by atoms with Crippen LogP contribution in [0.25, 0.3) is 32.1 Å². The summed E-state index contributed by atoms with van der Waals surface area (Å²) in [6.07, 6.45) is 1.80. The first kappa shape index (κ1) is 32.9. The average Bonchev–Trinajstić information content (AvgIpc) is 3.69. The second kappa shape index (κ2) is 11.8. The highest BCUT2D eigenvalue weighted by Crippen LogP contribution is 2.49. The standard InChI is InChI=1S/C35H36F2N6O5S/c1-34(2,3)47-32(44)41-31-19(11-38)24-23(49-31)10-9-22(36)27(24)25-20-14-46-15-21(20)26-29(28(25)37)39-16-40-30(26)43-17-7-8-18(43)13-42(12-17)33(45)48-35(4,5)6/h9-10,16-18H,7-8,12-15H2,1-6H3,(H,41,44). The Kier molecular flexibility index (Phi) is 7.91. The lowest BCUT2D eigenvalue weighted by Gasteiger charge is -2.42. The molecule has 14 heteroatoms. The monoisotopic (exact) mass is 690 g/mol. The first-order valence-electron chi connectivity index (χ1n) is 16.1. The minimum Gasteiger partial charge on any atom is -0.444 e. The van der Waals surface area contributed by atoms with E-state index in [1.54, 1.807) is 25.7 Å². The number of rotatable bonds is 3. The van der Waals surface area contributed by atoms with Gasteiger partial charge in [-0.1, -0.05) is 0 Å². The van der Waals surface area contributed by atoms with E-state index in [-0.39, 0.29) is 64.0 Å². The molecule has 3 aliphatic rings. The van der Waals surface area contributed by atoms with Gasteiger partial charge in [-0.3, -0.25) is 5.32 Å². The fourth-order valence-corrected chi connectivity index (χ4v) is 8.18. The predicted molar refractivity (Wildman–Crippen MR) is 180 cm³/mol. The maximum atomic E-state index is 17.1. The molecular formula is C35H36F2N6O5S. The highest BCUT2D eigenvalue weighted by atomic mass is 32.1. The second-order valence-electron chi connectivity index (χ2n) is 14.6. The lowest BCUT2D eigenvalue weighted by atomic mass is 9.90. The number of piperazine rings is 1. The quantitative estimate of drug-likeness (QED) is 0.231. The van der Waals surface area contributed by atoms with Crippen LogP contribution in [0.3, 0.4) is 0 Å². The van der Waals surface area contributed by atoms with Crippen LogP contribution in [0, 0.1) is 23.0 Å². The highest BCUT2D eigenvalue weighted by Gasteiger charge is 2.44. The molecular weight excluding hydrogens is 654 g/mol. The van der Waals surface area contributed by atoms with E-state index in [0.717, 1.165) is 24.2 Å². The SMILES string of the molecule is CC(C)(C)OC(=O)Nc1sc2ccc(F)c(-c3c4c(c5c(N6C7CCC6CN(C(=O)OC(C)(C)C)C7)ncnc5c3F)COC4)c2c1C#N. The van der Waals surface area contributed by atoms with Crippen LogP contribution in [0.4, 0.5) is 29.2 Å². The van der Waals surface area contributed by atoms with E-state index >= 15 is 8.78 Å². The van der Waals surface area contributed by atoms with E-state index in [9.17, 15) is 14.9 Å². The molecule has 7 rings (SSSR count). The van der Waals surface area contributed by atoms with Crippen molar-refractivity contribution in [3.63, 3.8) is 0 Å². The summed E-state index contributed by atoms with van der Waals surface area (Å²) in [5.41, 5.74) is -0.449. The lowest BCUT2D eigenvalue weighted by Crippen LogP contribution is -2.56. The van der Waals surface area contributed by atoms with Gasteiger partial charge < -0.3 is 24.0 Å². The summed E-state index contributed by atoms with van der Waals surface area (Å²) < 4.78 is 50.5. The van der Waals surface area contributed by atoms with E-state index in [1.807, 2.05) is 20.8 Å². The summed E-state index contributed by atoms with van der Waals surface area (Å²) >= 11 is 1.07. The van der Waals surface area contributed by atoms with Crippen molar-refractivity contribution in [2.75, 3.05) is 23.3 Å². The number of amides is 2. The van der Waals surface area contributed by atoms with Crippen LogP contribution in [-0.2, 0) is 27.4 Å². The van der Waals surface area contributed by atoms with Crippen LogP contribution in [0.15, 0.2) is 18.5 Å². The molecule has 2 unspecified atom stereocenters. The zero-order valence-corrected chi connectivity index (χ0v) is 28.9. The minimum absolute atomic E-state index is 0.00432. The summed E-state index contributed by atoms with van der Waals surface area (Å²) in [4.78, 5) is 38.5. The lowest BCUT2D eigenvalue weighted by molar-refractivity contribution is 0.0209. The Bertz CT molecular complexity index is 2070. The number of likely N-dealkylation sites (tertiary alicyclic amines) is 1. The number of fused-ring (bicyclic) bond motifs is 6. The third-order valence-corrected chi connectivity index (χ3v) is 9.95. The molecule has 2 saturated heterocycles. The Morgan fingerprint density at radius 2 is 1.65 bits per heavy atom. The molecule has 2 amide bonds. The molecule has 256 valence electrons. The summed E-state index contributed by atoms with van der Waals surface area (Å²) in [5, 5.41) is 13.7. The van der Waals surface area contributed by atoms with E-state index in [4.69, 9.17) is 14.2 Å². The number of ether oxygens (including phenoxy) is 3. The average molecular weight is 691 g/mol. The normalized spacial score (nSPS) is 18.9. The molecule has 0 spiro atoms. The second-order valence-corrected chi connectivity index (χ2v) is 15.6. The molecule has 11 nitrogen and oxygen atoms in total. The molecule has 1 N–H and O–H groups in total. The van der Waals surface area contributed by atoms with Gasteiger partial charge in [0.25, 0.3) is 0 Å². The maximum absolute atomic E-state index is 17.1. The maximum Gasteiger partial charge on any atom is 0.412 e. The van der Waals surface area contributed by atoms with Crippen LogP contribution in [0.5, 0.6) is 0 Å². The number of thiophene rings is 1. The molecule has 49 heavy (non-hydrogen) atoms. The predicted octanol–water partition coefficient (Wildman–Crippen LogP) is 7.63. The van der Waals surface area contributed by atoms with Crippen molar-refractivity contribution in [3.05, 3.63) is 46.8 Å². The summed E-state index contributed by atoms with van der Waals surface area (Å²) in [7, 11) is 0.